The van der Waals surface area contributed by atoms with Crippen molar-refractivity contribution in [3.63, 3.8) is 0 Å². The van der Waals surface area contributed by atoms with Crippen LogP contribution in [0.25, 0.3) is 0 Å². The molecule has 0 bridgehead atoms. The molecule has 6 nitrogen and oxygen atoms in total. The van der Waals surface area contributed by atoms with E-state index in [1.165, 1.54) is 0 Å². The first-order valence-electron chi connectivity index (χ1n) is 4.92. The predicted octanol–water partition coefficient (Wildman–Crippen LogP) is -0.604. The fourth-order valence-electron chi connectivity index (χ4n) is 1.08. The number of hydrogen-bond donors (Lipinski definition) is 2. The molecule has 16 heavy (non-hydrogen) atoms. The minimum absolute atomic E-state index is 0.163. The Labute approximate surface area is 99.2 Å². The summed E-state index contributed by atoms with van der Waals surface area (Å²) < 4.78 is 1.62. The highest BCUT2D eigenvalue weighted by molar-refractivity contribution is 7.80. The van der Waals surface area contributed by atoms with Gasteiger partial charge in [-0.15, -0.1) is 0 Å². The number of nitrogens with one attached hydrogen (secondary N) is 1. The van der Waals surface area contributed by atoms with Gasteiger partial charge in [0, 0.05) is 20.0 Å². The lowest BCUT2D eigenvalue weighted by Crippen LogP contribution is -2.37. The summed E-state index contributed by atoms with van der Waals surface area (Å²) in [7, 11) is 1.80. The van der Waals surface area contributed by atoms with Crippen molar-refractivity contribution in [2.45, 2.75) is 13.3 Å². The van der Waals surface area contributed by atoms with Gasteiger partial charge in [0.05, 0.1) is 10.9 Å². The number of carbonyl (C=O) groups excluding carboxylic acids is 1. The average molecular weight is 241 g/mol. The van der Waals surface area contributed by atoms with Crippen LogP contribution in [0.5, 0.6) is 0 Å². The highest BCUT2D eigenvalue weighted by Crippen LogP contribution is 1.95. The third-order valence-electron chi connectivity index (χ3n) is 2.11. The normalized spacial score (nSPS) is 12.1. The number of hydrogen-bond acceptors (Lipinski definition) is 4. The molecule has 0 aliphatic rings. The second kappa shape index (κ2) is 5.55. The maximum absolute atomic E-state index is 11.5. The van der Waals surface area contributed by atoms with Crippen molar-refractivity contribution in [2.75, 3.05) is 6.54 Å². The van der Waals surface area contributed by atoms with Crippen molar-refractivity contribution in [1.29, 1.82) is 0 Å². The SMILES string of the molecule is CC(C(=O)NCCc1ncn(C)n1)C(N)=S. The molecule has 0 fully saturated rings. The summed E-state index contributed by atoms with van der Waals surface area (Å²) in [5, 5.41) is 6.82. The number of rotatable bonds is 5. The highest BCUT2D eigenvalue weighted by atomic mass is 32.1. The van der Waals surface area contributed by atoms with Crippen LogP contribution < -0.4 is 11.1 Å². The minimum atomic E-state index is -0.438. The third-order valence-corrected chi connectivity index (χ3v) is 2.47. The number of thiocarbonyl (C=S) groups is 1. The van der Waals surface area contributed by atoms with Crippen molar-refractivity contribution in [3.05, 3.63) is 12.2 Å². The van der Waals surface area contributed by atoms with Gasteiger partial charge in [-0.2, -0.15) is 5.10 Å². The van der Waals surface area contributed by atoms with E-state index in [1.54, 1.807) is 25.0 Å². The number of aromatic nitrogens is 3. The van der Waals surface area contributed by atoms with Crippen molar-refractivity contribution in [1.82, 2.24) is 20.1 Å². The summed E-state index contributed by atoms with van der Waals surface area (Å²) in [5.41, 5.74) is 5.37. The zero-order valence-corrected chi connectivity index (χ0v) is 10.1. The Kier molecular flexibility index (Phi) is 4.36. The van der Waals surface area contributed by atoms with E-state index in [0.29, 0.717) is 18.8 Å². The number of nitrogens with zero attached hydrogens (tertiary/aromatic N) is 3. The third kappa shape index (κ3) is 3.58. The van der Waals surface area contributed by atoms with Gasteiger partial charge in [-0.25, -0.2) is 4.98 Å². The van der Waals surface area contributed by atoms with E-state index in [-0.39, 0.29) is 10.9 Å². The Hall–Kier alpha value is -1.50. The van der Waals surface area contributed by atoms with Crippen LogP contribution in [0.1, 0.15) is 12.7 Å². The molecule has 0 aliphatic heterocycles. The van der Waals surface area contributed by atoms with E-state index < -0.39 is 5.92 Å². The van der Waals surface area contributed by atoms with Crippen LogP contribution in [0, 0.1) is 5.92 Å². The van der Waals surface area contributed by atoms with Crippen molar-refractivity contribution >= 4 is 23.1 Å². The molecule has 1 amide bonds. The van der Waals surface area contributed by atoms with Gasteiger partial charge in [-0.1, -0.05) is 12.2 Å². The maximum Gasteiger partial charge on any atom is 0.229 e. The van der Waals surface area contributed by atoms with Crippen molar-refractivity contribution in [2.24, 2.45) is 18.7 Å². The summed E-state index contributed by atoms with van der Waals surface area (Å²) in [5.74, 6) is 0.0981. The van der Waals surface area contributed by atoms with Gasteiger partial charge < -0.3 is 11.1 Å². The summed E-state index contributed by atoms with van der Waals surface area (Å²) >= 11 is 4.73. The van der Waals surface area contributed by atoms with Gasteiger partial charge in [0.1, 0.15) is 6.33 Å². The van der Waals surface area contributed by atoms with Gasteiger partial charge in [0.2, 0.25) is 5.91 Å². The zero-order valence-electron chi connectivity index (χ0n) is 9.30. The molecule has 0 aliphatic carbocycles. The molecule has 0 radical (unpaired) electrons. The van der Waals surface area contributed by atoms with E-state index >= 15 is 0 Å². The number of nitrogens with two attached hydrogens (primary N) is 1. The zero-order chi connectivity index (χ0) is 12.1. The Morgan fingerprint density at radius 2 is 2.44 bits per heavy atom. The van der Waals surface area contributed by atoms with Gasteiger partial charge in [-0.05, 0) is 6.92 Å². The van der Waals surface area contributed by atoms with Crippen LogP contribution in [-0.2, 0) is 18.3 Å². The van der Waals surface area contributed by atoms with Crippen LogP contribution in [0.2, 0.25) is 0 Å². The van der Waals surface area contributed by atoms with Crippen molar-refractivity contribution in [3.8, 4) is 0 Å². The Balaban J connectivity index is 2.30. The van der Waals surface area contributed by atoms with Crippen molar-refractivity contribution < 1.29 is 4.79 Å². The van der Waals surface area contributed by atoms with E-state index in [2.05, 4.69) is 15.4 Å². The molecule has 0 spiro atoms. The van der Waals surface area contributed by atoms with Crippen LogP contribution in [0.4, 0.5) is 0 Å². The first-order chi connectivity index (χ1) is 7.50. The molecule has 88 valence electrons. The molecule has 0 saturated carbocycles. The van der Waals surface area contributed by atoms with E-state index in [1.807, 2.05) is 0 Å². The fraction of sp³-hybridized carbons (Fsp3) is 0.556. The molecule has 0 aromatic carbocycles. The lowest BCUT2D eigenvalue weighted by Gasteiger charge is -2.09. The van der Waals surface area contributed by atoms with E-state index in [4.69, 9.17) is 18.0 Å². The minimum Gasteiger partial charge on any atom is -0.393 e. The smallest absolute Gasteiger partial charge is 0.229 e. The Morgan fingerprint density at radius 1 is 1.75 bits per heavy atom. The van der Waals surface area contributed by atoms with Gasteiger partial charge in [-0.3, -0.25) is 9.48 Å². The number of aryl methyl sites for hydroxylation is 1. The summed E-state index contributed by atoms with van der Waals surface area (Å²) in [4.78, 5) is 15.7. The van der Waals surface area contributed by atoms with Crippen LogP contribution in [0.15, 0.2) is 6.33 Å². The van der Waals surface area contributed by atoms with E-state index in [0.717, 1.165) is 0 Å². The molecular formula is C9H15N5OS. The summed E-state index contributed by atoms with van der Waals surface area (Å²) in [6.45, 7) is 2.16. The molecule has 1 aromatic heterocycles. The molecule has 1 unspecified atom stereocenters. The van der Waals surface area contributed by atoms with Crippen LogP contribution in [0.3, 0.4) is 0 Å². The molecular weight excluding hydrogens is 226 g/mol. The van der Waals surface area contributed by atoms with Gasteiger partial charge in [0.25, 0.3) is 0 Å². The first kappa shape index (κ1) is 12.6. The predicted molar refractivity (Wildman–Crippen MR) is 63.7 cm³/mol. The second-order valence-electron chi connectivity index (χ2n) is 3.50. The molecule has 1 atom stereocenters. The fourth-order valence-corrected chi connectivity index (χ4v) is 1.19. The summed E-state index contributed by atoms with van der Waals surface area (Å²) in [6, 6.07) is 0. The molecule has 0 saturated heterocycles. The molecule has 1 heterocycles. The molecule has 1 aromatic rings. The van der Waals surface area contributed by atoms with Gasteiger partial charge in [0.15, 0.2) is 5.82 Å². The Morgan fingerprint density at radius 3 is 2.94 bits per heavy atom. The lowest BCUT2D eigenvalue weighted by molar-refractivity contribution is -0.122. The number of amides is 1. The molecule has 1 rings (SSSR count). The first-order valence-corrected chi connectivity index (χ1v) is 5.33. The van der Waals surface area contributed by atoms with E-state index in [9.17, 15) is 4.79 Å². The largest absolute Gasteiger partial charge is 0.393 e. The Bertz CT molecular complexity index is 389. The summed E-state index contributed by atoms with van der Waals surface area (Å²) in [6.07, 6.45) is 2.21. The number of carbonyl (C=O) groups is 1. The average Bonchev–Trinajstić information content (AvgIpc) is 2.62. The van der Waals surface area contributed by atoms with Crippen LogP contribution in [-0.4, -0.2) is 32.2 Å². The molecule has 7 heteroatoms. The maximum atomic E-state index is 11.5. The quantitative estimate of drug-likeness (QED) is 0.672. The monoisotopic (exact) mass is 241 g/mol. The topological polar surface area (TPSA) is 85.8 Å². The molecule has 3 N–H and O–H groups in total. The highest BCUT2D eigenvalue weighted by Gasteiger charge is 2.14. The van der Waals surface area contributed by atoms with Crippen LogP contribution >= 0.6 is 12.2 Å². The standard InChI is InChI=1S/C9H15N5OS/c1-6(8(10)16)9(15)11-4-3-7-12-5-14(2)13-7/h5-6H,3-4H2,1-2H3,(H2,10,16)(H,11,15). The van der Waals surface area contributed by atoms with Gasteiger partial charge >= 0.3 is 0 Å². The second-order valence-corrected chi connectivity index (χ2v) is 3.97. The lowest BCUT2D eigenvalue weighted by atomic mass is 10.1.